The van der Waals surface area contributed by atoms with E-state index < -0.39 is 99.6 Å². The molecule has 0 radical (unpaired) electrons. The number of carbonyl (C=O) groups is 4. The third-order valence-corrected chi connectivity index (χ3v) is 12.6. The van der Waals surface area contributed by atoms with E-state index in [0.29, 0.717) is 5.56 Å². The summed E-state index contributed by atoms with van der Waals surface area (Å²) in [5.41, 5.74) is -11.9. The van der Waals surface area contributed by atoms with Crippen LogP contribution in [0.1, 0.15) is 92.2 Å². The minimum Gasteiger partial charge on any atom is -0.511 e. The van der Waals surface area contributed by atoms with E-state index in [1.54, 1.807) is 33.8 Å². The van der Waals surface area contributed by atoms with Crippen LogP contribution in [0.25, 0.3) is 0 Å². The van der Waals surface area contributed by atoms with Crippen LogP contribution < -0.4 is 0 Å². The summed E-state index contributed by atoms with van der Waals surface area (Å²) in [5.74, 6) is -6.65. The normalized spacial score (nSPS) is 42.4. The topological polar surface area (TPSA) is 219 Å². The molecule has 14 heteroatoms. The summed E-state index contributed by atoms with van der Waals surface area (Å²) in [4.78, 5) is 52.4. The number of aliphatic hydroxyl groups excluding tert-OH is 2. The average Bonchev–Trinajstić information content (AvgIpc) is 3.67. The van der Waals surface area contributed by atoms with Crippen molar-refractivity contribution in [1.29, 1.82) is 0 Å². The highest BCUT2D eigenvalue weighted by Crippen LogP contribution is 2.75. The van der Waals surface area contributed by atoms with Gasteiger partial charge in [-0.3, -0.25) is 14.4 Å². The Labute approximate surface area is 290 Å². The van der Waals surface area contributed by atoms with Crippen molar-refractivity contribution in [3.05, 3.63) is 35.5 Å². The van der Waals surface area contributed by atoms with Crippen molar-refractivity contribution < 1.29 is 68.1 Å². The number of esters is 4. The van der Waals surface area contributed by atoms with Gasteiger partial charge >= 0.3 is 23.9 Å². The van der Waals surface area contributed by atoms with Crippen LogP contribution in [-0.2, 0) is 38.1 Å². The Morgan fingerprint density at radius 1 is 1.06 bits per heavy atom. The predicted molar refractivity (Wildman–Crippen MR) is 171 cm³/mol. The van der Waals surface area contributed by atoms with Gasteiger partial charge in [0.05, 0.1) is 31.8 Å². The zero-order chi connectivity index (χ0) is 37.4. The predicted octanol–water partition coefficient (Wildman–Crippen LogP) is 2.81. The van der Waals surface area contributed by atoms with E-state index in [-0.39, 0.29) is 43.4 Å². The van der Waals surface area contributed by atoms with Gasteiger partial charge in [0.2, 0.25) is 0 Å². The van der Waals surface area contributed by atoms with Gasteiger partial charge in [-0.2, -0.15) is 0 Å². The summed E-state index contributed by atoms with van der Waals surface area (Å²) in [5, 5.41) is 61.9. The maximum absolute atomic E-state index is 14.4. The van der Waals surface area contributed by atoms with Crippen LogP contribution in [0.3, 0.4) is 0 Å². The molecule has 1 aliphatic heterocycles. The van der Waals surface area contributed by atoms with Crippen molar-refractivity contribution in [3.8, 4) is 0 Å². The van der Waals surface area contributed by atoms with E-state index in [1.165, 1.54) is 33.5 Å². The minimum atomic E-state index is -2.79. The molecule has 5 rings (SSSR count). The number of rotatable bonds is 9. The molecule has 1 aromatic rings. The van der Waals surface area contributed by atoms with Gasteiger partial charge in [0.25, 0.3) is 0 Å². The summed E-state index contributed by atoms with van der Waals surface area (Å²) in [6.45, 7) is 9.59. The SMILES string of the molecule is COC(=O)CC1C2(C)CC(O)(C1(C)CO)C(O)(C1OC(=O)/C(=C(\O)C(C)C)C3C(C)(C(OC(C)=O)c4ccoc4)CCCC31O)C2OC(C)=O. The van der Waals surface area contributed by atoms with Gasteiger partial charge in [-0.25, -0.2) is 4.79 Å². The molecule has 1 aromatic heterocycles. The van der Waals surface area contributed by atoms with Crippen molar-refractivity contribution >= 4 is 23.9 Å². The lowest BCUT2D eigenvalue weighted by atomic mass is 9.47. The van der Waals surface area contributed by atoms with Crippen molar-refractivity contribution in [2.45, 2.75) is 116 Å². The van der Waals surface area contributed by atoms with Crippen molar-refractivity contribution in [1.82, 2.24) is 0 Å². The molecular formula is C36H50O14. The number of ether oxygens (including phenoxy) is 4. The molecule has 0 spiro atoms. The molecule has 0 aromatic carbocycles. The molecule has 0 amide bonds. The maximum atomic E-state index is 14.4. The second-order valence-electron chi connectivity index (χ2n) is 15.8. The molecule has 2 heterocycles. The number of allylic oxidation sites excluding steroid dienone is 1. The molecule has 2 bridgehead atoms. The summed E-state index contributed by atoms with van der Waals surface area (Å²) in [6.07, 6.45) is -2.40. The summed E-state index contributed by atoms with van der Waals surface area (Å²) in [7, 11) is 1.18. The van der Waals surface area contributed by atoms with Gasteiger partial charge in [0.15, 0.2) is 11.7 Å². The molecular weight excluding hydrogens is 656 g/mol. The Kier molecular flexibility index (Phi) is 9.33. The van der Waals surface area contributed by atoms with E-state index in [9.17, 15) is 44.7 Å². The van der Waals surface area contributed by atoms with Crippen LogP contribution in [0.5, 0.6) is 0 Å². The fourth-order valence-electron chi connectivity index (χ4n) is 10.5. The van der Waals surface area contributed by atoms with E-state index in [1.807, 2.05) is 0 Å². The standard InChI is InChI=1S/C36H50O14/c1-18(2)25(41)24-26-31(5,27(48-19(3)38)21-10-13-47-15-21)11-9-12-34(26,43)30(50-28(24)42)36(45)29(49-20(4)39)32(6)16-35(36,44)33(7,17-37)22(32)14-23(40)46-8/h10,13,15,18,22,26-27,29-30,37,41,43-45H,9,11-12,14,16-17H2,1-8H3/b25-24-. The number of carbonyl (C=O) groups excluding carboxylic acids is 4. The first-order valence-electron chi connectivity index (χ1n) is 17.0. The Hall–Kier alpha value is -3.46. The molecule has 3 saturated carbocycles. The average molecular weight is 707 g/mol. The lowest BCUT2D eigenvalue weighted by Gasteiger charge is -2.64. The minimum absolute atomic E-state index is 0.137. The monoisotopic (exact) mass is 706 g/mol. The number of methoxy groups -OCH3 is 1. The van der Waals surface area contributed by atoms with E-state index in [0.717, 1.165) is 6.92 Å². The van der Waals surface area contributed by atoms with Crippen LogP contribution >= 0.6 is 0 Å². The fourth-order valence-corrected chi connectivity index (χ4v) is 10.5. The van der Waals surface area contributed by atoms with Gasteiger partial charge in [0, 0.05) is 53.9 Å². The van der Waals surface area contributed by atoms with Crippen LogP contribution in [0, 0.1) is 34.0 Å². The zero-order valence-corrected chi connectivity index (χ0v) is 29.8. The van der Waals surface area contributed by atoms with Crippen LogP contribution in [0.2, 0.25) is 0 Å². The van der Waals surface area contributed by atoms with Crippen molar-refractivity contribution in [2.24, 2.45) is 34.0 Å². The first-order chi connectivity index (χ1) is 23.1. The molecule has 14 nitrogen and oxygen atoms in total. The molecule has 278 valence electrons. The van der Waals surface area contributed by atoms with E-state index in [4.69, 9.17) is 23.4 Å². The smallest absolute Gasteiger partial charge is 0.338 e. The third kappa shape index (κ3) is 4.95. The highest BCUT2D eigenvalue weighted by Gasteiger charge is 2.88. The Morgan fingerprint density at radius 3 is 2.24 bits per heavy atom. The molecule has 11 unspecified atom stereocenters. The van der Waals surface area contributed by atoms with Crippen LogP contribution in [-0.4, -0.2) is 92.1 Å². The first kappa shape index (κ1) is 37.8. The van der Waals surface area contributed by atoms with Gasteiger partial charge in [-0.05, 0) is 37.7 Å². The quantitative estimate of drug-likeness (QED) is 0.108. The molecule has 4 fully saturated rings. The molecule has 11 atom stereocenters. The lowest BCUT2D eigenvalue weighted by molar-refractivity contribution is -0.336. The Bertz CT molecular complexity index is 1570. The third-order valence-electron chi connectivity index (χ3n) is 12.6. The highest BCUT2D eigenvalue weighted by molar-refractivity contribution is 5.92. The number of hydrogen-bond acceptors (Lipinski definition) is 14. The number of fused-ring (bicyclic) bond motifs is 3. The number of furan rings is 1. The molecule has 5 N–H and O–H groups in total. The van der Waals surface area contributed by atoms with Gasteiger partial charge in [-0.15, -0.1) is 0 Å². The summed E-state index contributed by atoms with van der Waals surface area (Å²) in [6, 6.07) is 1.58. The molecule has 3 aliphatic carbocycles. The molecule has 1 saturated heterocycles. The van der Waals surface area contributed by atoms with Gasteiger partial charge in [0.1, 0.15) is 29.2 Å². The first-order valence-corrected chi connectivity index (χ1v) is 17.0. The summed E-state index contributed by atoms with van der Waals surface area (Å²) < 4.78 is 28.0. The van der Waals surface area contributed by atoms with Crippen LogP contribution in [0.15, 0.2) is 34.3 Å². The number of aliphatic hydroxyl groups is 5. The maximum Gasteiger partial charge on any atom is 0.338 e. The number of cyclic esters (lactones) is 1. The van der Waals surface area contributed by atoms with E-state index in [2.05, 4.69) is 0 Å². The summed E-state index contributed by atoms with van der Waals surface area (Å²) >= 11 is 0. The Morgan fingerprint density at radius 2 is 1.72 bits per heavy atom. The van der Waals surface area contributed by atoms with Gasteiger partial charge in [-0.1, -0.05) is 34.6 Å². The Balaban J connectivity index is 1.80. The number of hydrogen-bond donors (Lipinski definition) is 5. The largest absolute Gasteiger partial charge is 0.511 e. The lowest BCUT2D eigenvalue weighted by Crippen LogP contribution is -2.81. The second kappa shape index (κ2) is 12.3. The van der Waals surface area contributed by atoms with Crippen molar-refractivity contribution in [2.75, 3.05) is 13.7 Å². The van der Waals surface area contributed by atoms with Crippen LogP contribution in [0.4, 0.5) is 0 Å². The van der Waals surface area contributed by atoms with Gasteiger partial charge < -0.3 is 48.9 Å². The fraction of sp³-hybridized carbons (Fsp3) is 0.722. The second-order valence-corrected chi connectivity index (χ2v) is 15.8. The highest BCUT2D eigenvalue weighted by atomic mass is 16.6. The zero-order valence-electron chi connectivity index (χ0n) is 29.8. The van der Waals surface area contributed by atoms with Crippen molar-refractivity contribution in [3.63, 3.8) is 0 Å². The molecule has 50 heavy (non-hydrogen) atoms. The molecule has 4 aliphatic rings. The van der Waals surface area contributed by atoms with E-state index >= 15 is 0 Å².